The summed E-state index contributed by atoms with van der Waals surface area (Å²) >= 11 is 0. The number of guanidine groups is 1. The van der Waals surface area contributed by atoms with E-state index in [0.717, 1.165) is 26.0 Å². The Hall–Kier alpha value is -0.770. The maximum Gasteiger partial charge on any atom is 0.188 e. The van der Waals surface area contributed by atoms with Gasteiger partial charge in [0.2, 0.25) is 0 Å². The second-order valence-corrected chi connectivity index (χ2v) is 4.51. The molecule has 2 unspecified atom stereocenters. The average molecular weight is 211 g/mol. The van der Waals surface area contributed by atoms with Gasteiger partial charge in [-0.05, 0) is 25.7 Å². The van der Waals surface area contributed by atoms with Gasteiger partial charge in [-0.15, -0.1) is 0 Å². The molecule has 0 spiro atoms. The highest BCUT2D eigenvalue weighted by Gasteiger charge is 2.26. The van der Waals surface area contributed by atoms with Gasteiger partial charge < -0.3 is 15.8 Å². The third-order valence-corrected chi connectivity index (χ3v) is 3.17. The Balaban J connectivity index is 1.74. The highest BCUT2D eigenvalue weighted by Crippen LogP contribution is 2.23. The van der Waals surface area contributed by atoms with Crippen molar-refractivity contribution in [3.8, 4) is 0 Å². The number of hydrogen-bond acceptors (Lipinski definition) is 2. The monoisotopic (exact) mass is 211 g/mol. The van der Waals surface area contributed by atoms with Gasteiger partial charge >= 0.3 is 0 Å². The van der Waals surface area contributed by atoms with Crippen LogP contribution in [-0.4, -0.2) is 31.3 Å². The van der Waals surface area contributed by atoms with Gasteiger partial charge in [-0.3, -0.25) is 4.99 Å². The van der Waals surface area contributed by atoms with Gasteiger partial charge in [0, 0.05) is 25.1 Å². The van der Waals surface area contributed by atoms with Crippen LogP contribution < -0.4 is 11.1 Å². The van der Waals surface area contributed by atoms with Gasteiger partial charge in [0.05, 0.1) is 6.10 Å². The number of nitrogens with two attached hydrogens (primary N) is 1. The SMILES string of the molecule is CCC1OCCC1CN=C(N)NC1CC1. The molecule has 0 aromatic rings. The molecule has 1 aliphatic heterocycles. The van der Waals surface area contributed by atoms with Gasteiger partial charge in [0.1, 0.15) is 0 Å². The molecule has 15 heavy (non-hydrogen) atoms. The number of hydrogen-bond donors (Lipinski definition) is 2. The standard InChI is InChI=1S/C11H21N3O/c1-2-10-8(5-6-15-10)7-13-11(12)14-9-3-4-9/h8-10H,2-7H2,1H3,(H3,12,13,14). The quantitative estimate of drug-likeness (QED) is 0.536. The highest BCUT2D eigenvalue weighted by molar-refractivity contribution is 5.78. The van der Waals surface area contributed by atoms with E-state index in [1.165, 1.54) is 12.8 Å². The van der Waals surface area contributed by atoms with E-state index in [4.69, 9.17) is 10.5 Å². The molecule has 2 rings (SSSR count). The Labute approximate surface area is 91.3 Å². The van der Waals surface area contributed by atoms with Crippen molar-refractivity contribution < 1.29 is 4.74 Å². The van der Waals surface area contributed by atoms with Gasteiger partial charge in [-0.1, -0.05) is 6.92 Å². The predicted octanol–water partition coefficient (Wildman–Crippen LogP) is 0.868. The predicted molar refractivity (Wildman–Crippen MR) is 60.8 cm³/mol. The summed E-state index contributed by atoms with van der Waals surface area (Å²) in [4.78, 5) is 4.39. The lowest BCUT2D eigenvalue weighted by molar-refractivity contribution is 0.0893. The van der Waals surface area contributed by atoms with Crippen molar-refractivity contribution in [3.05, 3.63) is 0 Å². The second kappa shape index (κ2) is 4.84. The van der Waals surface area contributed by atoms with Crippen LogP contribution in [0, 0.1) is 5.92 Å². The Morgan fingerprint density at radius 1 is 1.47 bits per heavy atom. The third-order valence-electron chi connectivity index (χ3n) is 3.17. The molecule has 1 saturated carbocycles. The highest BCUT2D eigenvalue weighted by atomic mass is 16.5. The fourth-order valence-corrected chi connectivity index (χ4v) is 2.05. The fourth-order valence-electron chi connectivity index (χ4n) is 2.05. The summed E-state index contributed by atoms with van der Waals surface area (Å²) in [6.07, 6.45) is 5.07. The first-order valence-corrected chi connectivity index (χ1v) is 5.97. The zero-order valence-electron chi connectivity index (χ0n) is 9.41. The molecule has 2 atom stereocenters. The Morgan fingerprint density at radius 2 is 2.27 bits per heavy atom. The van der Waals surface area contributed by atoms with E-state index in [2.05, 4.69) is 17.2 Å². The number of ether oxygens (including phenoxy) is 1. The lowest BCUT2D eigenvalue weighted by atomic mass is 10.0. The van der Waals surface area contributed by atoms with Crippen LogP contribution in [0.4, 0.5) is 0 Å². The van der Waals surface area contributed by atoms with Crippen LogP contribution in [0.25, 0.3) is 0 Å². The first-order valence-electron chi connectivity index (χ1n) is 5.97. The van der Waals surface area contributed by atoms with Crippen molar-refractivity contribution in [2.45, 2.75) is 44.8 Å². The van der Waals surface area contributed by atoms with Crippen molar-refractivity contribution >= 4 is 5.96 Å². The van der Waals surface area contributed by atoms with Gasteiger partial charge in [0.15, 0.2) is 5.96 Å². The molecule has 0 bridgehead atoms. The van der Waals surface area contributed by atoms with E-state index >= 15 is 0 Å². The van der Waals surface area contributed by atoms with Crippen molar-refractivity contribution in [1.82, 2.24) is 5.32 Å². The molecule has 2 aliphatic rings. The Morgan fingerprint density at radius 3 is 2.93 bits per heavy atom. The molecule has 4 heteroatoms. The van der Waals surface area contributed by atoms with E-state index in [1.807, 2.05) is 0 Å². The molecular formula is C11H21N3O. The largest absolute Gasteiger partial charge is 0.378 e. The van der Waals surface area contributed by atoms with Crippen LogP contribution in [0.15, 0.2) is 4.99 Å². The van der Waals surface area contributed by atoms with Crippen LogP contribution in [0.2, 0.25) is 0 Å². The van der Waals surface area contributed by atoms with Gasteiger partial charge in [-0.2, -0.15) is 0 Å². The van der Waals surface area contributed by atoms with E-state index in [9.17, 15) is 0 Å². The van der Waals surface area contributed by atoms with Crippen LogP contribution in [0.5, 0.6) is 0 Å². The second-order valence-electron chi connectivity index (χ2n) is 4.51. The lowest BCUT2D eigenvalue weighted by Crippen LogP contribution is -2.34. The Kier molecular flexibility index (Phi) is 3.46. The van der Waals surface area contributed by atoms with E-state index in [1.54, 1.807) is 0 Å². The summed E-state index contributed by atoms with van der Waals surface area (Å²) in [5, 5.41) is 3.20. The number of nitrogens with one attached hydrogen (secondary N) is 1. The third kappa shape index (κ3) is 3.09. The molecule has 1 saturated heterocycles. The zero-order valence-corrected chi connectivity index (χ0v) is 9.41. The maximum atomic E-state index is 5.78. The van der Waals surface area contributed by atoms with Crippen LogP contribution in [-0.2, 0) is 4.74 Å². The van der Waals surface area contributed by atoms with Crippen molar-refractivity contribution in [2.75, 3.05) is 13.2 Å². The molecule has 2 fully saturated rings. The summed E-state index contributed by atoms with van der Waals surface area (Å²) in [5.74, 6) is 1.17. The molecule has 1 aliphatic carbocycles. The summed E-state index contributed by atoms with van der Waals surface area (Å²) in [6.45, 7) is 3.86. The topological polar surface area (TPSA) is 59.6 Å². The van der Waals surface area contributed by atoms with Crippen LogP contribution in [0.1, 0.15) is 32.6 Å². The fraction of sp³-hybridized carbons (Fsp3) is 0.909. The summed E-state index contributed by atoms with van der Waals surface area (Å²) < 4.78 is 5.61. The van der Waals surface area contributed by atoms with Gasteiger partial charge in [0.25, 0.3) is 0 Å². The molecular weight excluding hydrogens is 190 g/mol. The van der Waals surface area contributed by atoms with E-state index < -0.39 is 0 Å². The molecule has 0 radical (unpaired) electrons. The minimum Gasteiger partial charge on any atom is -0.378 e. The number of nitrogens with zero attached hydrogens (tertiary/aromatic N) is 1. The summed E-state index contributed by atoms with van der Waals surface area (Å²) in [5.41, 5.74) is 5.78. The summed E-state index contributed by atoms with van der Waals surface area (Å²) in [6, 6.07) is 0.593. The number of aliphatic imine (C=N–C) groups is 1. The van der Waals surface area contributed by atoms with Crippen molar-refractivity contribution in [3.63, 3.8) is 0 Å². The number of rotatable bonds is 4. The maximum absolute atomic E-state index is 5.78. The minimum atomic E-state index is 0.391. The molecule has 0 aromatic heterocycles. The smallest absolute Gasteiger partial charge is 0.188 e. The minimum absolute atomic E-state index is 0.391. The molecule has 4 nitrogen and oxygen atoms in total. The van der Waals surface area contributed by atoms with Gasteiger partial charge in [-0.25, -0.2) is 0 Å². The molecule has 3 N–H and O–H groups in total. The molecule has 1 heterocycles. The normalized spacial score (nSPS) is 31.9. The molecule has 86 valence electrons. The van der Waals surface area contributed by atoms with E-state index in [0.29, 0.717) is 24.0 Å². The average Bonchev–Trinajstić information content (AvgIpc) is 2.92. The lowest BCUT2D eigenvalue weighted by Gasteiger charge is -2.14. The Bertz CT molecular complexity index is 238. The van der Waals surface area contributed by atoms with E-state index in [-0.39, 0.29) is 0 Å². The van der Waals surface area contributed by atoms with Crippen molar-refractivity contribution in [1.29, 1.82) is 0 Å². The van der Waals surface area contributed by atoms with Crippen LogP contribution in [0.3, 0.4) is 0 Å². The zero-order chi connectivity index (χ0) is 10.7. The summed E-state index contributed by atoms with van der Waals surface area (Å²) in [7, 11) is 0. The van der Waals surface area contributed by atoms with Crippen molar-refractivity contribution in [2.24, 2.45) is 16.6 Å². The molecule has 0 amide bonds. The first-order chi connectivity index (χ1) is 7.29. The molecule has 0 aromatic carbocycles. The first kappa shape index (κ1) is 10.7. The van der Waals surface area contributed by atoms with Crippen LogP contribution >= 0.6 is 0 Å².